The van der Waals surface area contributed by atoms with E-state index in [1.807, 2.05) is 6.92 Å². The van der Waals surface area contributed by atoms with Gasteiger partial charge in [0.25, 0.3) is 0 Å². The van der Waals surface area contributed by atoms with E-state index in [0.717, 1.165) is 36.2 Å². The van der Waals surface area contributed by atoms with Crippen molar-refractivity contribution >= 4 is 17.1 Å². The van der Waals surface area contributed by atoms with E-state index in [4.69, 9.17) is 11.5 Å². The SMILES string of the molecule is Cc1c(N)c(O)c2c(c1N)CCCN2. The first-order valence-electron chi connectivity index (χ1n) is 4.76. The van der Waals surface area contributed by atoms with Gasteiger partial charge in [0.2, 0.25) is 0 Å². The highest BCUT2D eigenvalue weighted by Gasteiger charge is 2.20. The molecule has 14 heavy (non-hydrogen) atoms. The molecule has 76 valence electrons. The van der Waals surface area contributed by atoms with Crippen LogP contribution >= 0.6 is 0 Å². The summed E-state index contributed by atoms with van der Waals surface area (Å²) in [5.74, 6) is 0.145. The number of rotatable bonds is 0. The van der Waals surface area contributed by atoms with Crippen LogP contribution in [0.15, 0.2) is 0 Å². The molecule has 1 aromatic rings. The minimum absolute atomic E-state index is 0.145. The van der Waals surface area contributed by atoms with Gasteiger partial charge in [-0.25, -0.2) is 0 Å². The number of anilines is 3. The molecule has 0 bridgehead atoms. The lowest BCUT2D eigenvalue weighted by atomic mass is 9.96. The van der Waals surface area contributed by atoms with E-state index in [2.05, 4.69) is 5.32 Å². The van der Waals surface area contributed by atoms with Crippen molar-refractivity contribution in [2.75, 3.05) is 23.3 Å². The number of benzene rings is 1. The van der Waals surface area contributed by atoms with Crippen LogP contribution in [0.5, 0.6) is 5.75 Å². The summed E-state index contributed by atoms with van der Waals surface area (Å²) in [6.07, 6.45) is 1.95. The number of hydrogen-bond donors (Lipinski definition) is 4. The van der Waals surface area contributed by atoms with Crippen molar-refractivity contribution < 1.29 is 5.11 Å². The summed E-state index contributed by atoms with van der Waals surface area (Å²) in [7, 11) is 0. The molecule has 0 fully saturated rings. The van der Waals surface area contributed by atoms with Crippen molar-refractivity contribution in [3.8, 4) is 5.75 Å². The van der Waals surface area contributed by atoms with Gasteiger partial charge in [-0.1, -0.05) is 0 Å². The van der Waals surface area contributed by atoms with E-state index < -0.39 is 0 Å². The quantitative estimate of drug-likeness (QED) is 0.283. The van der Waals surface area contributed by atoms with Gasteiger partial charge in [-0.3, -0.25) is 0 Å². The van der Waals surface area contributed by atoms with Crippen LogP contribution in [0.25, 0.3) is 0 Å². The predicted octanol–water partition coefficient (Wildman–Crippen LogP) is 1.22. The zero-order valence-electron chi connectivity index (χ0n) is 8.22. The molecule has 1 aliphatic heterocycles. The maximum atomic E-state index is 9.81. The van der Waals surface area contributed by atoms with Gasteiger partial charge in [-0.2, -0.15) is 0 Å². The molecule has 0 amide bonds. The van der Waals surface area contributed by atoms with E-state index >= 15 is 0 Å². The average molecular weight is 193 g/mol. The van der Waals surface area contributed by atoms with Crippen molar-refractivity contribution in [1.82, 2.24) is 0 Å². The normalized spacial score (nSPS) is 14.6. The third kappa shape index (κ3) is 1.07. The Labute approximate surface area is 82.9 Å². The second-order valence-electron chi connectivity index (χ2n) is 3.68. The number of aromatic hydroxyl groups is 1. The van der Waals surface area contributed by atoms with Gasteiger partial charge in [0, 0.05) is 17.8 Å². The molecule has 0 radical (unpaired) electrons. The largest absolute Gasteiger partial charge is 0.504 e. The summed E-state index contributed by atoms with van der Waals surface area (Å²) in [5, 5.41) is 12.9. The van der Waals surface area contributed by atoms with Crippen LogP contribution in [-0.2, 0) is 6.42 Å². The zero-order valence-corrected chi connectivity index (χ0v) is 8.22. The van der Waals surface area contributed by atoms with Gasteiger partial charge in [-0.15, -0.1) is 0 Å². The standard InChI is InChI=1S/C10H15N3O/c1-5-7(11)6-3-2-4-13-9(6)10(14)8(5)12/h13-14H,2-4,11-12H2,1H3. The molecule has 0 spiro atoms. The molecule has 0 atom stereocenters. The van der Waals surface area contributed by atoms with Crippen LogP contribution in [0.1, 0.15) is 17.5 Å². The summed E-state index contributed by atoms with van der Waals surface area (Å²) in [4.78, 5) is 0. The summed E-state index contributed by atoms with van der Waals surface area (Å²) >= 11 is 0. The minimum Gasteiger partial charge on any atom is -0.504 e. The number of nitrogens with two attached hydrogens (primary N) is 2. The molecule has 4 nitrogen and oxygen atoms in total. The Bertz CT molecular complexity index is 351. The van der Waals surface area contributed by atoms with Gasteiger partial charge < -0.3 is 21.9 Å². The smallest absolute Gasteiger partial charge is 0.162 e. The fourth-order valence-corrected chi connectivity index (χ4v) is 1.89. The van der Waals surface area contributed by atoms with Crippen molar-refractivity contribution in [3.63, 3.8) is 0 Å². The first-order valence-corrected chi connectivity index (χ1v) is 4.76. The fourth-order valence-electron chi connectivity index (χ4n) is 1.89. The molecule has 6 N–H and O–H groups in total. The van der Waals surface area contributed by atoms with Crippen molar-refractivity contribution in [1.29, 1.82) is 0 Å². The van der Waals surface area contributed by atoms with E-state index in [1.165, 1.54) is 0 Å². The molecule has 1 aliphatic rings. The van der Waals surface area contributed by atoms with Crippen molar-refractivity contribution in [2.45, 2.75) is 19.8 Å². The van der Waals surface area contributed by atoms with Gasteiger partial charge in [0.05, 0.1) is 11.4 Å². The highest BCUT2D eigenvalue weighted by molar-refractivity contribution is 5.83. The Kier molecular flexibility index (Phi) is 1.91. The van der Waals surface area contributed by atoms with Crippen molar-refractivity contribution in [2.24, 2.45) is 0 Å². The number of nitrogen functional groups attached to an aromatic ring is 2. The Morgan fingerprint density at radius 3 is 2.71 bits per heavy atom. The molecule has 0 unspecified atom stereocenters. The fraction of sp³-hybridized carbons (Fsp3) is 0.400. The van der Waals surface area contributed by atoms with E-state index in [9.17, 15) is 5.11 Å². The molecule has 1 aromatic carbocycles. The molecule has 0 aromatic heterocycles. The molecular formula is C10H15N3O. The van der Waals surface area contributed by atoms with Gasteiger partial charge in [0.15, 0.2) is 5.75 Å². The molecule has 2 rings (SSSR count). The predicted molar refractivity (Wildman–Crippen MR) is 58.5 cm³/mol. The Morgan fingerprint density at radius 1 is 1.29 bits per heavy atom. The lowest BCUT2D eigenvalue weighted by Gasteiger charge is -2.23. The molecule has 1 heterocycles. The second kappa shape index (κ2) is 2.97. The van der Waals surface area contributed by atoms with Gasteiger partial charge in [-0.05, 0) is 25.3 Å². The van der Waals surface area contributed by atoms with Crippen LogP contribution in [0.3, 0.4) is 0 Å². The summed E-state index contributed by atoms with van der Waals surface area (Å²) < 4.78 is 0. The monoisotopic (exact) mass is 193 g/mol. The topological polar surface area (TPSA) is 84.3 Å². The summed E-state index contributed by atoms with van der Waals surface area (Å²) in [6.45, 7) is 2.70. The number of nitrogens with one attached hydrogen (secondary N) is 1. The maximum Gasteiger partial charge on any atom is 0.162 e. The van der Waals surface area contributed by atoms with Crippen LogP contribution in [0.2, 0.25) is 0 Å². The molecular weight excluding hydrogens is 178 g/mol. The highest BCUT2D eigenvalue weighted by atomic mass is 16.3. The third-order valence-electron chi connectivity index (χ3n) is 2.83. The third-order valence-corrected chi connectivity index (χ3v) is 2.83. The number of fused-ring (bicyclic) bond motifs is 1. The van der Waals surface area contributed by atoms with E-state index in [1.54, 1.807) is 0 Å². The average Bonchev–Trinajstić information content (AvgIpc) is 2.23. The van der Waals surface area contributed by atoms with E-state index in [-0.39, 0.29) is 5.75 Å². The Hall–Kier alpha value is -1.58. The number of hydrogen-bond acceptors (Lipinski definition) is 4. The molecule has 0 saturated carbocycles. The lowest BCUT2D eigenvalue weighted by molar-refractivity contribution is 0.478. The Balaban J connectivity index is 2.71. The summed E-state index contributed by atoms with van der Waals surface area (Å²) in [6, 6.07) is 0. The van der Waals surface area contributed by atoms with Crippen LogP contribution in [0.4, 0.5) is 17.1 Å². The first kappa shape index (κ1) is 8.99. The zero-order chi connectivity index (χ0) is 10.3. The van der Waals surface area contributed by atoms with Crippen LogP contribution in [0, 0.1) is 6.92 Å². The highest BCUT2D eigenvalue weighted by Crippen LogP contribution is 2.42. The number of phenols is 1. The molecule has 0 saturated heterocycles. The lowest BCUT2D eigenvalue weighted by Crippen LogP contribution is -2.15. The number of phenolic OH excluding ortho intramolecular Hbond substituents is 1. The first-order chi connectivity index (χ1) is 6.63. The van der Waals surface area contributed by atoms with E-state index in [0.29, 0.717) is 11.4 Å². The minimum atomic E-state index is 0.145. The van der Waals surface area contributed by atoms with Gasteiger partial charge >= 0.3 is 0 Å². The summed E-state index contributed by atoms with van der Waals surface area (Å²) in [5.41, 5.74) is 15.3. The van der Waals surface area contributed by atoms with Gasteiger partial charge in [0.1, 0.15) is 0 Å². The van der Waals surface area contributed by atoms with Crippen LogP contribution < -0.4 is 16.8 Å². The molecule has 4 heteroatoms. The Morgan fingerprint density at radius 2 is 2.00 bits per heavy atom. The second-order valence-corrected chi connectivity index (χ2v) is 3.68. The van der Waals surface area contributed by atoms with Crippen LogP contribution in [-0.4, -0.2) is 11.7 Å². The maximum absolute atomic E-state index is 9.81. The molecule has 0 aliphatic carbocycles. The van der Waals surface area contributed by atoms with Crippen molar-refractivity contribution in [3.05, 3.63) is 11.1 Å².